The maximum absolute atomic E-state index is 12.2. The van der Waals surface area contributed by atoms with Crippen molar-refractivity contribution in [3.63, 3.8) is 0 Å². The van der Waals surface area contributed by atoms with Gasteiger partial charge in [-0.2, -0.15) is 5.10 Å². The molecule has 4 rings (SSSR count). The number of halogens is 1. The SMILES string of the molecule is O=C(Cc1ccc2c(c1)OCCO2)N/N=C\c1cccc(OCc2ccc(Cl)cc2)c1. The second kappa shape index (κ2) is 10.00. The zero-order valence-corrected chi connectivity index (χ0v) is 17.5. The summed E-state index contributed by atoms with van der Waals surface area (Å²) >= 11 is 5.90. The summed E-state index contributed by atoms with van der Waals surface area (Å²) in [4.78, 5) is 12.2. The normalized spacial score (nSPS) is 12.5. The average Bonchev–Trinajstić information content (AvgIpc) is 2.79. The number of hydrogen-bond donors (Lipinski definition) is 1. The van der Waals surface area contributed by atoms with E-state index in [9.17, 15) is 4.79 Å². The van der Waals surface area contributed by atoms with Crippen molar-refractivity contribution in [3.05, 3.63) is 88.4 Å². The Balaban J connectivity index is 1.28. The van der Waals surface area contributed by atoms with Gasteiger partial charge in [0.1, 0.15) is 25.6 Å². The highest BCUT2D eigenvalue weighted by Gasteiger charge is 2.13. The number of carbonyl (C=O) groups is 1. The van der Waals surface area contributed by atoms with Crippen LogP contribution < -0.4 is 19.6 Å². The molecule has 0 saturated carbocycles. The summed E-state index contributed by atoms with van der Waals surface area (Å²) in [5.41, 5.74) is 5.21. The van der Waals surface area contributed by atoms with Crippen LogP contribution in [0.25, 0.3) is 0 Å². The van der Waals surface area contributed by atoms with Crippen LogP contribution in [0.1, 0.15) is 16.7 Å². The number of fused-ring (bicyclic) bond motifs is 1. The van der Waals surface area contributed by atoms with E-state index in [-0.39, 0.29) is 12.3 Å². The predicted octanol–water partition coefficient (Wildman–Crippen LogP) is 4.38. The van der Waals surface area contributed by atoms with Gasteiger partial charge in [0, 0.05) is 5.02 Å². The standard InChI is InChI=1S/C24H21ClN2O4/c25-20-7-4-17(5-8-20)16-31-21-3-1-2-19(12-21)15-26-27-24(28)14-18-6-9-22-23(13-18)30-11-10-29-22/h1-9,12-13,15H,10-11,14,16H2,(H,27,28)/b26-15-. The fraction of sp³-hybridized carbons (Fsp3) is 0.167. The lowest BCUT2D eigenvalue weighted by Crippen LogP contribution is -2.20. The van der Waals surface area contributed by atoms with Crippen molar-refractivity contribution in [1.29, 1.82) is 0 Å². The first-order chi connectivity index (χ1) is 15.2. The number of hydrogen-bond acceptors (Lipinski definition) is 5. The smallest absolute Gasteiger partial charge is 0.244 e. The van der Waals surface area contributed by atoms with Crippen LogP contribution in [0.15, 0.2) is 71.8 Å². The summed E-state index contributed by atoms with van der Waals surface area (Å²) in [6.07, 6.45) is 1.77. The highest BCUT2D eigenvalue weighted by molar-refractivity contribution is 6.30. The molecule has 1 amide bonds. The minimum absolute atomic E-state index is 0.193. The molecule has 0 aliphatic carbocycles. The van der Waals surface area contributed by atoms with E-state index in [4.69, 9.17) is 25.8 Å². The summed E-state index contributed by atoms with van der Waals surface area (Å²) in [5.74, 6) is 1.85. The molecule has 1 N–H and O–H groups in total. The lowest BCUT2D eigenvalue weighted by Gasteiger charge is -2.18. The van der Waals surface area contributed by atoms with Crippen molar-refractivity contribution in [2.45, 2.75) is 13.0 Å². The maximum atomic E-state index is 12.2. The zero-order chi connectivity index (χ0) is 21.5. The molecular weight excluding hydrogens is 416 g/mol. The van der Waals surface area contributed by atoms with Crippen LogP contribution in [-0.2, 0) is 17.8 Å². The molecule has 31 heavy (non-hydrogen) atoms. The van der Waals surface area contributed by atoms with E-state index in [0.717, 1.165) is 16.7 Å². The summed E-state index contributed by atoms with van der Waals surface area (Å²) in [6, 6.07) is 20.5. The number of hydrazone groups is 1. The minimum Gasteiger partial charge on any atom is -0.489 e. The van der Waals surface area contributed by atoms with E-state index in [1.165, 1.54) is 0 Å². The molecule has 0 aromatic heterocycles. The van der Waals surface area contributed by atoms with Crippen molar-refractivity contribution in [2.75, 3.05) is 13.2 Å². The third-order valence-electron chi connectivity index (χ3n) is 4.55. The predicted molar refractivity (Wildman–Crippen MR) is 119 cm³/mol. The lowest BCUT2D eigenvalue weighted by molar-refractivity contribution is -0.120. The molecule has 0 bridgehead atoms. The molecule has 7 heteroatoms. The summed E-state index contributed by atoms with van der Waals surface area (Å²) < 4.78 is 16.8. The van der Waals surface area contributed by atoms with Gasteiger partial charge < -0.3 is 14.2 Å². The lowest BCUT2D eigenvalue weighted by atomic mass is 10.1. The molecule has 3 aromatic carbocycles. The number of nitrogens with one attached hydrogen (secondary N) is 1. The van der Waals surface area contributed by atoms with Crippen LogP contribution in [0.3, 0.4) is 0 Å². The monoisotopic (exact) mass is 436 g/mol. The van der Waals surface area contributed by atoms with Crippen molar-refractivity contribution in [1.82, 2.24) is 5.43 Å². The molecule has 1 aliphatic rings. The number of benzene rings is 3. The zero-order valence-electron chi connectivity index (χ0n) is 16.7. The largest absolute Gasteiger partial charge is 0.489 e. The van der Waals surface area contributed by atoms with E-state index in [1.807, 2.05) is 66.7 Å². The molecule has 0 fully saturated rings. The number of carbonyl (C=O) groups excluding carboxylic acids is 1. The number of rotatable bonds is 7. The molecule has 0 spiro atoms. The molecule has 0 saturated heterocycles. The highest BCUT2D eigenvalue weighted by Crippen LogP contribution is 2.30. The van der Waals surface area contributed by atoms with Gasteiger partial charge in [-0.1, -0.05) is 41.9 Å². The molecule has 0 radical (unpaired) electrons. The minimum atomic E-state index is -0.219. The van der Waals surface area contributed by atoms with E-state index in [1.54, 1.807) is 6.21 Å². The second-order valence-corrected chi connectivity index (χ2v) is 7.37. The first-order valence-electron chi connectivity index (χ1n) is 9.83. The van der Waals surface area contributed by atoms with Gasteiger partial charge in [0.25, 0.3) is 0 Å². The molecule has 1 aliphatic heterocycles. The van der Waals surface area contributed by atoms with E-state index >= 15 is 0 Å². The Labute approximate surface area is 185 Å². The van der Waals surface area contributed by atoms with Crippen LogP contribution in [0, 0.1) is 0 Å². The third kappa shape index (κ3) is 5.99. The Bertz CT molecular complexity index is 1080. The van der Waals surface area contributed by atoms with Crippen molar-refractivity contribution in [3.8, 4) is 17.2 Å². The van der Waals surface area contributed by atoms with Gasteiger partial charge in [-0.15, -0.1) is 0 Å². The van der Waals surface area contributed by atoms with Crippen LogP contribution in [0.5, 0.6) is 17.2 Å². The highest BCUT2D eigenvalue weighted by atomic mass is 35.5. The summed E-state index contributed by atoms with van der Waals surface area (Å²) in [6.45, 7) is 1.48. The van der Waals surface area contributed by atoms with Crippen LogP contribution in [-0.4, -0.2) is 25.3 Å². The fourth-order valence-electron chi connectivity index (χ4n) is 3.03. The fourth-order valence-corrected chi connectivity index (χ4v) is 3.16. The molecule has 3 aromatic rings. The van der Waals surface area contributed by atoms with Crippen molar-refractivity contribution >= 4 is 23.7 Å². The third-order valence-corrected chi connectivity index (χ3v) is 4.80. The quantitative estimate of drug-likeness (QED) is 0.440. The van der Waals surface area contributed by atoms with Gasteiger partial charge in [0.2, 0.25) is 5.91 Å². The van der Waals surface area contributed by atoms with Gasteiger partial charge in [-0.3, -0.25) is 4.79 Å². The first kappa shape index (κ1) is 20.8. The maximum Gasteiger partial charge on any atom is 0.244 e. The first-order valence-corrected chi connectivity index (χ1v) is 10.2. The van der Waals surface area contributed by atoms with Gasteiger partial charge in [0.05, 0.1) is 12.6 Å². The van der Waals surface area contributed by atoms with Gasteiger partial charge in [-0.25, -0.2) is 5.43 Å². The molecule has 6 nitrogen and oxygen atoms in total. The van der Waals surface area contributed by atoms with Gasteiger partial charge >= 0.3 is 0 Å². The Kier molecular flexibility index (Phi) is 6.69. The summed E-state index contributed by atoms with van der Waals surface area (Å²) in [5, 5.41) is 4.74. The Hall–Kier alpha value is -3.51. The number of nitrogens with zero attached hydrogens (tertiary/aromatic N) is 1. The van der Waals surface area contributed by atoms with Crippen molar-refractivity contribution < 1.29 is 19.0 Å². The molecule has 1 heterocycles. The van der Waals surface area contributed by atoms with E-state index in [0.29, 0.717) is 42.1 Å². The molecule has 0 unspecified atom stereocenters. The van der Waals surface area contributed by atoms with Crippen LogP contribution in [0.2, 0.25) is 5.02 Å². The Morgan fingerprint density at radius 3 is 2.61 bits per heavy atom. The van der Waals surface area contributed by atoms with E-state index in [2.05, 4.69) is 10.5 Å². The second-order valence-electron chi connectivity index (χ2n) is 6.94. The average molecular weight is 437 g/mol. The Morgan fingerprint density at radius 2 is 1.77 bits per heavy atom. The van der Waals surface area contributed by atoms with Crippen LogP contribution in [0.4, 0.5) is 0 Å². The van der Waals surface area contributed by atoms with Crippen molar-refractivity contribution in [2.24, 2.45) is 5.10 Å². The molecule has 0 atom stereocenters. The van der Waals surface area contributed by atoms with E-state index < -0.39 is 0 Å². The van der Waals surface area contributed by atoms with Gasteiger partial charge in [-0.05, 0) is 53.1 Å². The molecular formula is C24H21ClN2O4. The topological polar surface area (TPSA) is 69.2 Å². The van der Waals surface area contributed by atoms with Gasteiger partial charge in [0.15, 0.2) is 11.5 Å². The number of amides is 1. The molecule has 158 valence electrons. The number of ether oxygens (including phenoxy) is 3. The summed E-state index contributed by atoms with van der Waals surface area (Å²) in [7, 11) is 0. The Morgan fingerprint density at radius 1 is 1.00 bits per heavy atom. The van der Waals surface area contributed by atoms with Crippen LogP contribution >= 0.6 is 11.6 Å².